The monoisotopic (exact) mass is 339 g/mol. The summed E-state index contributed by atoms with van der Waals surface area (Å²) in [6.45, 7) is 0. The van der Waals surface area contributed by atoms with Crippen LogP contribution in [0.1, 0.15) is 35.6 Å². The number of halogens is 9. The van der Waals surface area contributed by atoms with Crippen LogP contribution in [0, 0.1) is 0 Å². The topological polar surface area (TPSA) is 26.0 Å². The summed E-state index contributed by atoms with van der Waals surface area (Å²) in [5, 5.41) is 0. The molecule has 0 aliphatic carbocycles. The van der Waals surface area contributed by atoms with Crippen molar-refractivity contribution in [3.05, 3.63) is 34.9 Å². The van der Waals surface area contributed by atoms with Crippen molar-refractivity contribution in [2.24, 2.45) is 5.73 Å². The molecule has 10 heteroatoms. The Morgan fingerprint density at radius 3 is 1.50 bits per heavy atom. The molecule has 1 atom stereocenters. The zero-order chi connectivity index (χ0) is 17.3. The lowest BCUT2D eigenvalue weighted by atomic mass is 9.97. The quantitative estimate of drug-likeness (QED) is 0.765. The van der Waals surface area contributed by atoms with E-state index in [1.807, 2.05) is 0 Å². The summed E-state index contributed by atoms with van der Waals surface area (Å²) in [6.07, 6.45) is -17.0. The van der Waals surface area contributed by atoms with E-state index in [2.05, 4.69) is 0 Å². The Morgan fingerprint density at radius 1 is 0.773 bits per heavy atom. The van der Waals surface area contributed by atoms with Gasteiger partial charge in [0.2, 0.25) is 0 Å². The summed E-state index contributed by atoms with van der Waals surface area (Å²) in [4.78, 5) is 0. The van der Waals surface area contributed by atoms with Crippen molar-refractivity contribution in [2.45, 2.75) is 37.4 Å². The fourth-order valence-electron chi connectivity index (χ4n) is 1.68. The van der Waals surface area contributed by atoms with Gasteiger partial charge in [0, 0.05) is 12.5 Å². The molecule has 0 saturated heterocycles. The molecular formula is C12H10F9N. The van der Waals surface area contributed by atoms with Gasteiger partial charge in [0.05, 0.1) is 11.1 Å². The Kier molecular flexibility index (Phi) is 5.05. The second kappa shape index (κ2) is 5.98. The first-order chi connectivity index (χ1) is 9.70. The van der Waals surface area contributed by atoms with Crippen LogP contribution in [0.2, 0.25) is 0 Å². The maximum atomic E-state index is 12.6. The van der Waals surface area contributed by atoms with Crippen molar-refractivity contribution >= 4 is 0 Å². The Hall–Kier alpha value is -1.45. The molecule has 0 amide bonds. The molecule has 1 nitrogen and oxygen atoms in total. The van der Waals surface area contributed by atoms with Crippen LogP contribution in [0.3, 0.4) is 0 Å². The maximum absolute atomic E-state index is 12.6. The van der Waals surface area contributed by atoms with E-state index in [9.17, 15) is 39.5 Å². The van der Waals surface area contributed by atoms with Crippen molar-refractivity contribution in [3.8, 4) is 0 Å². The van der Waals surface area contributed by atoms with Crippen LogP contribution in [0.4, 0.5) is 39.5 Å². The molecule has 0 bridgehead atoms. The first kappa shape index (κ1) is 18.6. The molecule has 0 heterocycles. The van der Waals surface area contributed by atoms with Crippen molar-refractivity contribution in [1.29, 1.82) is 0 Å². The van der Waals surface area contributed by atoms with E-state index < -0.39 is 54.1 Å². The highest BCUT2D eigenvalue weighted by atomic mass is 19.4. The predicted molar refractivity (Wildman–Crippen MR) is 58.7 cm³/mol. The first-order valence-electron chi connectivity index (χ1n) is 5.82. The average Bonchev–Trinajstić information content (AvgIpc) is 2.32. The molecule has 2 N–H and O–H groups in total. The summed E-state index contributed by atoms with van der Waals surface area (Å²) in [6, 6.07) is -1.04. The minimum absolute atomic E-state index is 0.111. The van der Waals surface area contributed by atoms with Gasteiger partial charge in [-0.15, -0.1) is 0 Å². The molecule has 1 aromatic carbocycles. The van der Waals surface area contributed by atoms with Crippen molar-refractivity contribution in [1.82, 2.24) is 0 Å². The molecular weight excluding hydrogens is 329 g/mol. The van der Waals surface area contributed by atoms with Gasteiger partial charge in [0.1, 0.15) is 0 Å². The number of hydrogen-bond acceptors (Lipinski definition) is 1. The van der Waals surface area contributed by atoms with E-state index in [0.717, 1.165) is 0 Å². The van der Waals surface area contributed by atoms with E-state index in [0.29, 0.717) is 12.1 Å². The van der Waals surface area contributed by atoms with Gasteiger partial charge < -0.3 is 5.73 Å². The van der Waals surface area contributed by atoms with Crippen LogP contribution in [-0.4, -0.2) is 6.18 Å². The van der Waals surface area contributed by atoms with Crippen LogP contribution >= 0.6 is 0 Å². The van der Waals surface area contributed by atoms with Gasteiger partial charge in [-0.2, -0.15) is 39.5 Å². The maximum Gasteiger partial charge on any atom is 0.416 e. The Bertz CT molecular complexity index is 481. The Balaban J connectivity index is 3.18. The van der Waals surface area contributed by atoms with E-state index in [4.69, 9.17) is 5.73 Å². The lowest BCUT2D eigenvalue weighted by molar-refractivity contribution is -0.143. The molecule has 126 valence electrons. The van der Waals surface area contributed by atoms with Crippen LogP contribution in [-0.2, 0) is 12.4 Å². The standard InChI is InChI=1S/C12H10F9N/c13-10(14,15)2-1-9(22)6-3-7(11(16,17)18)5-8(4-6)12(19,20)21/h3-5,9H,1-2,22H2/t9-/m0/s1. The zero-order valence-electron chi connectivity index (χ0n) is 10.7. The van der Waals surface area contributed by atoms with Crippen LogP contribution < -0.4 is 5.73 Å². The molecule has 0 unspecified atom stereocenters. The number of hydrogen-bond donors (Lipinski definition) is 1. The number of benzene rings is 1. The molecule has 0 aromatic heterocycles. The zero-order valence-corrected chi connectivity index (χ0v) is 10.7. The largest absolute Gasteiger partial charge is 0.416 e. The molecule has 0 aliphatic rings. The average molecular weight is 339 g/mol. The lowest BCUT2D eigenvalue weighted by Crippen LogP contribution is -2.18. The molecule has 1 rings (SSSR count). The van der Waals surface area contributed by atoms with E-state index in [1.165, 1.54) is 0 Å². The molecule has 0 radical (unpaired) electrons. The number of alkyl halides is 9. The van der Waals surface area contributed by atoms with Crippen molar-refractivity contribution in [3.63, 3.8) is 0 Å². The van der Waals surface area contributed by atoms with Gasteiger partial charge in [0.15, 0.2) is 0 Å². The third-order valence-electron chi connectivity index (χ3n) is 2.78. The van der Waals surface area contributed by atoms with Gasteiger partial charge in [-0.3, -0.25) is 0 Å². The second-order valence-corrected chi connectivity index (χ2v) is 4.60. The molecule has 1 aromatic rings. The fraction of sp³-hybridized carbons (Fsp3) is 0.500. The Morgan fingerprint density at radius 2 is 1.18 bits per heavy atom. The van der Waals surface area contributed by atoms with Crippen molar-refractivity contribution < 1.29 is 39.5 Å². The molecule has 0 spiro atoms. The predicted octanol–water partition coefficient (Wildman–Crippen LogP) is 5.07. The first-order valence-corrected chi connectivity index (χ1v) is 5.82. The van der Waals surface area contributed by atoms with Gasteiger partial charge in [-0.1, -0.05) is 0 Å². The summed E-state index contributed by atoms with van der Waals surface area (Å²) in [7, 11) is 0. The van der Waals surface area contributed by atoms with Gasteiger partial charge in [-0.05, 0) is 30.2 Å². The van der Waals surface area contributed by atoms with E-state index in [1.54, 1.807) is 0 Å². The second-order valence-electron chi connectivity index (χ2n) is 4.60. The molecule has 0 fully saturated rings. The van der Waals surface area contributed by atoms with Crippen LogP contribution in [0.15, 0.2) is 18.2 Å². The lowest BCUT2D eigenvalue weighted by Gasteiger charge is -2.18. The minimum atomic E-state index is -5.07. The smallest absolute Gasteiger partial charge is 0.324 e. The summed E-state index contributed by atoms with van der Waals surface area (Å²) < 4.78 is 112. The highest BCUT2D eigenvalue weighted by Crippen LogP contribution is 2.38. The highest BCUT2D eigenvalue weighted by Gasteiger charge is 2.37. The molecule has 0 aliphatic heterocycles. The third kappa shape index (κ3) is 5.39. The molecule has 22 heavy (non-hydrogen) atoms. The minimum Gasteiger partial charge on any atom is -0.324 e. The SMILES string of the molecule is N[C@@H](CCC(F)(F)F)c1cc(C(F)(F)F)cc(C(F)(F)F)c1. The Labute approximate surface area is 118 Å². The number of nitrogens with two attached hydrogens (primary N) is 1. The molecule has 0 saturated carbocycles. The normalized spacial score (nSPS) is 15.0. The van der Waals surface area contributed by atoms with Gasteiger partial charge in [0.25, 0.3) is 0 Å². The van der Waals surface area contributed by atoms with Crippen molar-refractivity contribution in [2.75, 3.05) is 0 Å². The van der Waals surface area contributed by atoms with E-state index >= 15 is 0 Å². The van der Waals surface area contributed by atoms with Gasteiger partial charge >= 0.3 is 18.5 Å². The third-order valence-corrected chi connectivity index (χ3v) is 2.78. The highest BCUT2D eigenvalue weighted by molar-refractivity contribution is 5.35. The van der Waals surface area contributed by atoms with Crippen LogP contribution in [0.25, 0.3) is 0 Å². The van der Waals surface area contributed by atoms with Gasteiger partial charge in [-0.25, -0.2) is 0 Å². The summed E-state index contributed by atoms with van der Waals surface area (Å²) in [5.74, 6) is 0. The van der Waals surface area contributed by atoms with Crippen LogP contribution in [0.5, 0.6) is 0 Å². The number of rotatable bonds is 3. The fourth-order valence-corrected chi connectivity index (χ4v) is 1.68. The van der Waals surface area contributed by atoms with E-state index in [-0.39, 0.29) is 6.07 Å². The summed E-state index contributed by atoms with van der Waals surface area (Å²) >= 11 is 0. The summed E-state index contributed by atoms with van der Waals surface area (Å²) in [5.41, 5.74) is 1.42.